The van der Waals surface area contributed by atoms with Crippen LogP contribution in [0.3, 0.4) is 0 Å². The largest absolute Gasteiger partial charge is 0.475 e. The number of hydrogen-bond acceptors (Lipinski definition) is 4. The van der Waals surface area contributed by atoms with Gasteiger partial charge in [0.05, 0.1) is 5.69 Å². The van der Waals surface area contributed by atoms with Gasteiger partial charge in [-0.05, 0) is 12.8 Å². The van der Waals surface area contributed by atoms with E-state index in [4.69, 9.17) is 14.3 Å². The van der Waals surface area contributed by atoms with Crippen molar-refractivity contribution >= 4 is 5.97 Å². The first-order chi connectivity index (χ1) is 7.04. The van der Waals surface area contributed by atoms with Gasteiger partial charge in [-0.25, -0.2) is 9.78 Å². The number of nitrogens with zero attached hydrogens (tertiary/aromatic N) is 1. The minimum Gasteiger partial charge on any atom is -0.475 e. The van der Waals surface area contributed by atoms with Gasteiger partial charge in [-0.1, -0.05) is 6.92 Å². The lowest BCUT2D eigenvalue weighted by Gasteiger charge is -2.05. The standard InChI is InChI=1S/C10H15NO4/c1-6(5-14-3)4-8-11-7(2)9(15-8)10(12)13/h6H,4-5H2,1-3H3,(H,12,13). The highest BCUT2D eigenvalue weighted by Crippen LogP contribution is 2.13. The normalized spacial score (nSPS) is 12.7. The second-order valence-corrected chi connectivity index (χ2v) is 3.59. The number of carboxylic acids is 1. The van der Waals surface area contributed by atoms with E-state index in [9.17, 15) is 4.79 Å². The van der Waals surface area contributed by atoms with Crippen molar-refractivity contribution in [2.45, 2.75) is 20.3 Å². The van der Waals surface area contributed by atoms with Crippen molar-refractivity contribution in [2.75, 3.05) is 13.7 Å². The van der Waals surface area contributed by atoms with Crippen LogP contribution in [0.5, 0.6) is 0 Å². The van der Waals surface area contributed by atoms with Gasteiger partial charge in [0.25, 0.3) is 0 Å². The van der Waals surface area contributed by atoms with E-state index in [1.807, 2.05) is 6.92 Å². The first kappa shape index (κ1) is 11.7. The quantitative estimate of drug-likeness (QED) is 0.802. The molecule has 1 N–H and O–H groups in total. The maximum absolute atomic E-state index is 10.7. The molecule has 15 heavy (non-hydrogen) atoms. The lowest BCUT2D eigenvalue weighted by atomic mass is 10.1. The molecule has 5 nitrogen and oxygen atoms in total. The predicted octanol–water partition coefficient (Wildman–Crippen LogP) is 1.51. The van der Waals surface area contributed by atoms with Crippen LogP contribution >= 0.6 is 0 Å². The number of oxazole rings is 1. The number of ether oxygens (including phenoxy) is 1. The van der Waals surface area contributed by atoms with Gasteiger partial charge in [-0.15, -0.1) is 0 Å². The Labute approximate surface area is 88.1 Å². The maximum Gasteiger partial charge on any atom is 0.373 e. The Kier molecular flexibility index (Phi) is 3.85. The Morgan fingerprint density at radius 3 is 2.80 bits per heavy atom. The van der Waals surface area contributed by atoms with Crippen LogP contribution in [0, 0.1) is 12.8 Å². The van der Waals surface area contributed by atoms with Crippen LogP contribution in [0.25, 0.3) is 0 Å². The molecule has 1 heterocycles. The molecule has 0 aromatic carbocycles. The molecule has 0 radical (unpaired) electrons. The lowest BCUT2D eigenvalue weighted by Crippen LogP contribution is -2.07. The van der Waals surface area contributed by atoms with Crippen molar-refractivity contribution in [1.29, 1.82) is 0 Å². The number of carbonyl (C=O) groups is 1. The molecule has 0 fully saturated rings. The zero-order valence-electron chi connectivity index (χ0n) is 9.11. The molecule has 0 bridgehead atoms. The highest BCUT2D eigenvalue weighted by atomic mass is 16.5. The van der Waals surface area contributed by atoms with E-state index in [0.29, 0.717) is 24.6 Å². The van der Waals surface area contributed by atoms with Crippen LogP contribution in [0.2, 0.25) is 0 Å². The molecule has 0 aliphatic heterocycles. The molecule has 84 valence electrons. The van der Waals surface area contributed by atoms with Crippen molar-refractivity contribution < 1.29 is 19.1 Å². The van der Waals surface area contributed by atoms with Crippen molar-refractivity contribution in [3.05, 3.63) is 17.3 Å². The average molecular weight is 213 g/mol. The SMILES string of the molecule is COCC(C)Cc1nc(C)c(C(=O)O)o1. The summed E-state index contributed by atoms with van der Waals surface area (Å²) in [6.07, 6.45) is 0.585. The van der Waals surface area contributed by atoms with Crippen molar-refractivity contribution in [3.63, 3.8) is 0 Å². The van der Waals surface area contributed by atoms with E-state index in [0.717, 1.165) is 0 Å². The molecule has 0 spiro atoms. The van der Waals surface area contributed by atoms with Crippen LogP contribution in [-0.2, 0) is 11.2 Å². The van der Waals surface area contributed by atoms with E-state index in [-0.39, 0.29) is 11.7 Å². The molecule has 1 atom stereocenters. The molecule has 5 heteroatoms. The number of aryl methyl sites for hydroxylation is 1. The van der Waals surface area contributed by atoms with Gasteiger partial charge in [-0.2, -0.15) is 0 Å². The van der Waals surface area contributed by atoms with Gasteiger partial charge in [0.1, 0.15) is 0 Å². The van der Waals surface area contributed by atoms with Crippen LogP contribution in [-0.4, -0.2) is 29.8 Å². The number of rotatable bonds is 5. The van der Waals surface area contributed by atoms with E-state index < -0.39 is 5.97 Å². The smallest absolute Gasteiger partial charge is 0.373 e. The van der Waals surface area contributed by atoms with Gasteiger partial charge in [-0.3, -0.25) is 0 Å². The highest BCUT2D eigenvalue weighted by molar-refractivity contribution is 5.85. The summed E-state index contributed by atoms with van der Waals surface area (Å²) in [4.78, 5) is 14.7. The van der Waals surface area contributed by atoms with Gasteiger partial charge in [0.2, 0.25) is 5.76 Å². The molecule has 1 unspecified atom stereocenters. The molecule has 0 aliphatic rings. The van der Waals surface area contributed by atoms with Crippen LogP contribution in [0.4, 0.5) is 0 Å². The van der Waals surface area contributed by atoms with Crippen molar-refractivity contribution in [1.82, 2.24) is 4.98 Å². The van der Waals surface area contributed by atoms with Gasteiger partial charge < -0.3 is 14.3 Å². The Bertz CT molecular complexity index is 345. The summed E-state index contributed by atoms with van der Waals surface area (Å²) < 4.78 is 10.1. The zero-order valence-corrected chi connectivity index (χ0v) is 9.11. The fourth-order valence-electron chi connectivity index (χ4n) is 1.38. The number of carboxylic acid groups (broad SMARTS) is 1. The number of aromatic carboxylic acids is 1. The zero-order chi connectivity index (χ0) is 11.4. The summed E-state index contributed by atoms with van der Waals surface area (Å²) in [5, 5.41) is 8.76. The van der Waals surface area contributed by atoms with Gasteiger partial charge in [0, 0.05) is 20.1 Å². The molecule has 0 aliphatic carbocycles. The average Bonchev–Trinajstić information content (AvgIpc) is 2.47. The predicted molar refractivity (Wildman–Crippen MR) is 52.9 cm³/mol. The van der Waals surface area contributed by atoms with Gasteiger partial charge >= 0.3 is 5.97 Å². The highest BCUT2D eigenvalue weighted by Gasteiger charge is 2.17. The van der Waals surface area contributed by atoms with Gasteiger partial charge in [0.15, 0.2) is 5.89 Å². The third kappa shape index (κ3) is 3.06. The summed E-state index contributed by atoms with van der Waals surface area (Å²) in [6.45, 7) is 4.21. The Morgan fingerprint density at radius 2 is 2.33 bits per heavy atom. The molecule has 0 saturated carbocycles. The molecule has 0 saturated heterocycles. The summed E-state index contributed by atoms with van der Waals surface area (Å²) in [5.41, 5.74) is 0.419. The second kappa shape index (κ2) is 4.93. The van der Waals surface area contributed by atoms with Crippen LogP contribution in [0.15, 0.2) is 4.42 Å². The van der Waals surface area contributed by atoms with Crippen LogP contribution < -0.4 is 0 Å². The second-order valence-electron chi connectivity index (χ2n) is 3.59. The summed E-state index contributed by atoms with van der Waals surface area (Å²) >= 11 is 0. The Morgan fingerprint density at radius 1 is 1.67 bits per heavy atom. The minimum atomic E-state index is -1.08. The number of methoxy groups -OCH3 is 1. The van der Waals surface area contributed by atoms with Crippen molar-refractivity contribution in [2.24, 2.45) is 5.92 Å². The fourth-order valence-corrected chi connectivity index (χ4v) is 1.38. The fraction of sp³-hybridized carbons (Fsp3) is 0.600. The van der Waals surface area contributed by atoms with E-state index in [1.165, 1.54) is 0 Å². The van der Waals surface area contributed by atoms with Crippen LogP contribution in [0.1, 0.15) is 29.1 Å². The summed E-state index contributed by atoms with van der Waals surface area (Å²) in [5.74, 6) is -0.440. The Hall–Kier alpha value is -1.36. The maximum atomic E-state index is 10.7. The van der Waals surface area contributed by atoms with E-state index in [1.54, 1.807) is 14.0 Å². The molecular weight excluding hydrogens is 198 g/mol. The van der Waals surface area contributed by atoms with Crippen molar-refractivity contribution in [3.8, 4) is 0 Å². The lowest BCUT2D eigenvalue weighted by molar-refractivity contribution is 0.0658. The summed E-state index contributed by atoms with van der Waals surface area (Å²) in [6, 6.07) is 0. The molecule has 1 aromatic rings. The number of hydrogen-bond donors (Lipinski definition) is 1. The first-order valence-electron chi connectivity index (χ1n) is 4.73. The topological polar surface area (TPSA) is 72.6 Å². The molecule has 1 aromatic heterocycles. The number of aromatic nitrogens is 1. The third-order valence-electron chi connectivity index (χ3n) is 2.01. The first-order valence-corrected chi connectivity index (χ1v) is 4.73. The Balaban J connectivity index is 2.71. The molecular formula is C10H15NO4. The minimum absolute atomic E-state index is 0.0744. The van der Waals surface area contributed by atoms with E-state index in [2.05, 4.69) is 4.98 Å². The third-order valence-corrected chi connectivity index (χ3v) is 2.01. The molecule has 0 amide bonds. The molecule has 1 rings (SSSR count). The summed E-state index contributed by atoms with van der Waals surface area (Å²) in [7, 11) is 1.62. The van der Waals surface area contributed by atoms with E-state index >= 15 is 0 Å². The monoisotopic (exact) mass is 213 g/mol.